The van der Waals surface area contributed by atoms with Crippen LogP contribution in [0.3, 0.4) is 0 Å². The standard InChI is InChI=1S/C7H9Cl2NS.ClH/c1-10-3-6(8)5-2-7(9)11-4-5;/h2,4,6,10H,3H2,1H3;1H. The van der Waals surface area contributed by atoms with E-state index in [4.69, 9.17) is 23.2 Å². The number of hydrogen-bond donors (Lipinski definition) is 1. The lowest BCUT2D eigenvalue weighted by Gasteiger charge is -2.04. The lowest BCUT2D eigenvalue weighted by atomic mass is 10.2. The molecule has 1 N–H and O–H groups in total. The van der Waals surface area contributed by atoms with Crippen LogP contribution in [0, 0.1) is 0 Å². The van der Waals surface area contributed by atoms with Crippen LogP contribution in [-0.4, -0.2) is 13.6 Å². The van der Waals surface area contributed by atoms with Crippen molar-refractivity contribution in [3.05, 3.63) is 21.3 Å². The molecule has 5 heteroatoms. The molecule has 1 atom stereocenters. The van der Waals surface area contributed by atoms with E-state index in [0.717, 1.165) is 16.4 Å². The third kappa shape index (κ3) is 3.50. The van der Waals surface area contributed by atoms with Gasteiger partial charge >= 0.3 is 0 Å². The largest absolute Gasteiger partial charge is 0.318 e. The van der Waals surface area contributed by atoms with Gasteiger partial charge in [0.2, 0.25) is 0 Å². The Kier molecular flexibility index (Phi) is 6.32. The molecule has 0 fully saturated rings. The molecule has 1 heterocycles. The first-order valence-electron chi connectivity index (χ1n) is 3.26. The highest BCUT2D eigenvalue weighted by atomic mass is 35.5. The molecule has 1 nitrogen and oxygen atoms in total. The zero-order valence-corrected chi connectivity index (χ0v) is 9.66. The molecule has 12 heavy (non-hydrogen) atoms. The molecule has 1 rings (SSSR count). The SMILES string of the molecule is CNCC(Cl)c1csc(Cl)c1.Cl. The highest BCUT2D eigenvalue weighted by Gasteiger charge is 2.07. The third-order valence-electron chi connectivity index (χ3n) is 1.33. The molecule has 0 radical (unpaired) electrons. The fourth-order valence-corrected chi connectivity index (χ4v) is 2.08. The van der Waals surface area contributed by atoms with E-state index < -0.39 is 0 Å². The van der Waals surface area contributed by atoms with Crippen molar-refractivity contribution in [1.29, 1.82) is 0 Å². The van der Waals surface area contributed by atoms with Crippen LogP contribution >= 0.6 is 46.9 Å². The fourth-order valence-electron chi connectivity index (χ4n) is 0.785. The molecule has 1 aromatic rings. The molecule has 0 aliphatic rings. The Morgan fingerprint density at radius 1 is 1.67 bits per heavy atom. The number of likely N-dealkylation sites (N-methyl/N-ethyl adjacent to an activating group) is 1. The molecular formula is C7H10Cl3NS. The first kappa shape index (κ1) is 12.5. The Morgan fingerprint density at radius 2 is 2.33 bits per heavy atom. The first-order valence-corrected chi connectivity index (χ1v) is 4.96. The molecule has 0 aliphatic carbocycles. The minimum Gasteiger partial charge on any atom is -0.318 e. The smallest absolute Gasteiger partial charge is 0.0931 e. The van der Waals surface area contributed by atoms with Crippen LogP contribution in [0.25, 0.3) is 0 Å². The van der Waals surface area contributed by atoms with Crippen molar-refractivity contribution in [1.82, 2.24) is 5.32 Å². The van der Waals surface area contributed by atoms with E-state index in [1.807, 2.05) is 18.5 Å². The second-order valence-electron chi connectivity index (χ2n) is 2.21. The Labute approximate surface area is 92.5 Å². The maximum Gasteiger partial charge on any atom is 0.0931 e. The summed E-state index contributed by atoms with van der Waals surface area (Å²) in [7, 11) is 1.88. The van der Waals surface area contributed by atoms with Gasteiger partial charge in [-0.25, -0.2) is 0 Å². The van der Waals surface area contributed by atoms with Crippen LogP contribution < -0.4 is 5.32 Å². The van der Waals surface area contributed by atoms with Crippen LogP contribution in [0.15, 0.2) is 11.4 Å². The minimum atomic E-state index is 0. The number of rotatable bonds is 3. The topological polar surface area (TPSA) is 12.0 Å². The summed E-state index contributed by atoms with van der Waals surface area (Å²) in [5.74, 6) is 0. The van der Waals surface area contributed by atoms with Gasteiger partial charge in [-0.2, -0.15) is 0 Å². The first-order chi connectivity index (χ1) is 5.24. The molecule has 1 unspecified atom stereocenters. The summed E-state index contributed by atoms with van der Waals surface area (Å²) in [4.78, 5) is 0. The van der Waals surface area contributed by atoms with Gasteiger partial charge in [0.1, 0.15) is 0 Å². The van der Waals surface area contributed by atoms with E-state index >= 15 is 0 Å². The molecule has 0 bridgehead atoms. The van der Waals surface area contributed by atoms with Crippen molar-refractivity contribution in [2.24, 2.45) is 0 Å². The van der Waals surface area contributed by atoms with E-state index in [0.29, 0.717) is 0 Å². The third-order valence-corrected chi connectivity index (χ3v) is 2.85. The van der Waals surface area contributed by atoms with Crippen molar-refractivity contribution in [2.45, 2.75) is 5.38 Å². The number of alkyl halides is 1. The van der Waals surface area contributed by atoms with Crippen LogP contribution in [0.1, 0.15) is 10.9 Å². The summed E-state index contributed by atoms with van der Waals surface area (Å²) in [6.45, 7) is 0.772. The van der Waals surface area contributed by atoms with E-state index in [2.05, 4.69) is 5.32 Å². The average Bonchev–Trinajstić information content (AvgIpc) is 2.36. The molecule has 0 amide bonds. The molecule has 70 valence electrons. The Hall–Kier alpha value is 0.530. The van der Waals surface area contributed by atoms with Gasteiger partial charge in [0.05, 0.1) is 9.71 Å². The summed E-state index contributed by atoms with van der Waals surface area (Å²) < 4.78 is 0.793. The van der Waals surface area contributed by atoms with Gasteiger partial charge in [0.25, 0.3) is 0 Å². The highest BCUT2D eigenvalue weighted by molar-refractivity contribution is 7.14. The fraction of sp³-hybridized carbons (Fsp3) is 0.429. The molecule has 0 aliphatic heterocycles. The van der Waals surface area contributed by atoms with Gasteiger partial charge in [-0.05, 0) is 24.1 Å². The Balaban J connectivity index is 0.00000121. The van der Waals surface area contributed by atoms with Crippen LogP contribution in [-0.2, 0) is 0 Å². The number of hydrogen-bond acceptors (Lipinski definition) is 2. The molecule has 0 saturated heterocycles. The second-order valence-corrected chi connectivity index (χ2v) is 4.28. The van der Waals surface area contributed by atoms with Crippen molar-refractivity contribution in [2.75, 3.05) is 13.6 Å². The minimum absolute atomic E-state index is 0. The molecule has 0 spiro atoms. The lowest BCUT2D eigenvalue weighted by molar-refractivity contribution is 0.773. The normalized spacial score (nSPS) is 12.2. The Bertz CT molecular complexity index is 226. The van der Waals surface area contributed by atoms with Crippen molar-refractivity contribution >= 4 is 46.9 Å². The number of thiophene rings is 1. The van der Waals surface area contributed by atoms with E-state index in [-0.39, 0.29) is 17.8 Å². The lowest BCUT2D eigenvalue weighted by Crippen LogP contribution is -2.12. The van der Waals surface area contributed by atoms with Crippen LogP contribution in [0.4, 0.5) is 0 Å². The van der Waals surface area contributed by atoms with Crippen LogP contribution in [0.2, 0.25) is 4.34 Å². The quantitative estimate of drug-likeness (QED) is 0.807. The maximum atomic E-state index is 6.01. The van der Waals surface area contributed by atoms with E-state index in [9.17, 15) is 0 Å². The van der Waals surface area contributed by atoms with E-state index in [1.54, 1.807) is 0 Å². The Morgan fingerprint density at radius 3 is 2.75 bits per heavy atom. The predicted octanol–water partition coefficient (Wildman–Crippen LogP) is 3.32. The van der Waals surface area contributed by atoms with Gasteiger partial charge in [0, 0.05) is 6.54 Å². The molecule has 1 aromatic heterocycles. The number of halogens is 3. The van der Waals surface area contributed by atoms with Gasteiger partial charge in [0.15, 0.2) is 0 Å². The molecule has 0 saturated carbocycles. The van der Waals surface area contributed by atoms with Gasteiger partial charge in [-0.1, -0.05) is 11.6 Å². The van der Waals surface area contributed by atoms with Crippen molar-refractivity contribution in [3.8, 4) is 0 Å². The monoisotopic (exact) mass is 245 g/mol. The van der Waals surface area contributed by atoms with Crippen molar-refractivity contribution in [3.63, 3.8) is 0 Å². The zero-order chi connectivity index (χ0) is 8.27. The van der Waals surface area contributed by atoms with Gasteiger partial charge < -0.3 is 5.32 Å². The number of nitrogens with one attached hydrogen (secondary N) is 1. The average molecular weight is 247 g/mol. The summed E-state index contributed by atoms with van der Waals surface area (Å²) >= 11 is 13.3. The van der Waals surface area contributed by atoms with E-state index in [1.165, 1.54) is 11.3 Å². The summed E-state index contributed by atoms with van der Waals surface area (Å²) in [6, 6.07) is 1.90. The van der Waals surface area contributed by atoms with Crippen LogP contribution in [0.5, 0.6) is 0 Å². The maximum absolute atomic E-state index is 6.01. The molecule has 0 aromatic carbocycles. The molecular weight excluding hydrogens is 237 g/mol. The summed E-state index contributed by atoms with van der Waals surface area (Å²) in [6.07, 6.45) is 0. The van der Waals surface area contributed by atoms with Gasteiger partial charge in [-0.3, -0.25) is 0 Å². The highest BCUT2D eigenvalue weighted by Crippen LogP contribution is 2.27. The predicted molar refractivity (Wildman–Crippen MR) is 59.1 cm³/mol. The van der Waals surface area contributed by atoms with Crippen molar-refractivity contribution < 1.29 is 0 Å². The zero-order valence-electron chi connectivity index (χ0n) is 6.51. The summed E-state index contributed by atoms with van der Waals surface area (Å²) in [5, 5.41) is 5.02. The van der Waals surface area contributed by atoms with Gasteiger partial charge in [-0.15, -0.1) is 35.3 Å². The summed E-state index contributed by atoms with van der Waals surface area (Å²) in [5.41, 5.74) is 1.09. The second kappa shape index (κ2) is 6.06.